The summed E-state index contributed by atoms with van der Waals surface area (Å²) in [5, 5.41) is 3.10. The molecular weight excluding hydrogens is 406 g/mol. The van der Waals surface area contributed by atoms with Crippen LogP contribution in [0, 0.1) is 5.92 Å². The monoisotopic (exact) mass is 439 g/mol. The number of nitrogens with one attached hydrogen (secondary N) is 1. The van der Waals surface area contributed by atoms with Crippen LogP contribution in [0.4, 0.5) is 5.69 Å². The number of piperazine rings is 1. The Hall–Kier alpha value is -2.93. The third-order valence-electron chi connectivity index (χ3n) is 6.30. The fourth-order valence-corrected chi connectivity index (χ4v) is 4.35. The van der Waals surface area contributed by atoms with Crippen LogP contribution in [0.2, 0.25) is 0 Å². The molecule has 0 aromatic heterocycles. The van der Waals surface area contributed by atoms with Gasteiger partial charge in [0.05, 0.1) is 20.1 Å². The molecule has 7 heteroatoms. The van der Waals surface area contributed by atoms with Gasteiger partial charge in [-0.3, -0.25) is 9.69 Å². The third-order valence-corrected chi connectivity index (χ3v) is 6.30. The number of benzene rings is 2. The number of amides is 1. The van der Waals surface area contributed by atoms with Gasteiger partial charge in [0, 0.05) is 38.4 Å². The van der Waals surface area contributed by atoms with Crippen molar-refractivity contribution < 1.29 is 19.0 Å². The first-order valence-electron chi connectivity index (χ1n) is 11.3. The summed E-state index contributed by atoms with van der Waals surface area (Å²) in [5.41, 5.74) is 2.28. The highest BCUT2D eigenvalue weighted by atomic mass is 16.5. The van der Waals surface area contributed by atoms with Gasteiger partial charge in [0.1, 0.15) is 23.9 Å². The van der Waals surface area contributed by atoms with Crippen LogP contribution >= 0.6 is 0 Å². The molecule has 2 aliphatic rings. The van der Waals surface area contributed by atoms with Gasteiger partial charge in [0.25, 0.3) is 0 Å². The maximum atomic E-state index is 12.6. The van der Waals surface area contributed by atoms with Gasteiger partial charge in [0.15, 0.2) is 0 Å². The zero-order valence-corrected chi connectivity index (χ0v) is 19.0. The van der Waals surface area contributed by atoms with E-state index in [1.807, 2.05) is 30.3 Å². The van der Waals surface area contributed by atoms with Crippen LogP contribution in [0.3, 0.4) is 0 Å². The average molecular weight is 440 g/mol. The predicted molar refractivity (Wildman–Crippen MR) is 125 cm³/mol. The lowest BCUT2D eigenvalue weighted by molar-refractivity contribution is -0.126. The molecule has 4 rings (SSSR count). The Morgan fingerprint density at radius 2 is 1.75 bits per heavy atom. The van der Waals surface area contributed by atoms with E-state index in [1.165, 1.54) is 5.69 Å². The van der Waals surface area contributed by atoms with Crippen LogP contribution in [-0.4, -0.2) is 70.9 Å². The largest absolute Gasteiger partial charge is 0.497 e. The SMILES string of the molecule is COc1ccc(N2CCN(CCCNC(=O)[C@H]3COc4ccc(OC)cc4C3)CC2)cc1. The molecule has 7 nitrogen and oxygen atoms in total. The highest BCUT2D eigenvalue weighted by molar-refractivity contribution is 5.79. The molecule has 1 N–H and O–H groups in total. The van der Waals surface area contributed by atoms with Crippen molar-refractivity contribution in [2.45, 2.75) is 12.8 Å². The summed E-state index contributed by atoms with van der Waals surface area (Å²) in [6.07, 6.45) is 1.64. The van der Waals surface area contributed by atoms with Crippen molar-refractivity contribution in [1.29, 1.82) is 0 Å². The molecule has 0 radical (unpaired) electrons. The van der Waals surface area contributed by atoms with E-state index in [1.54, 1.807) is 14.2 Å². The van der Waals surface area contributed by atoms with Crippen LogP contribution in [0.5, 0.6) is 17.2 Å². The highest BCUT2D eigenvalue weighted by Gasteiger charge is 2.26. The molecule has 2 aliphatic heterocycles. The van der Waals surface area contributed by atoms with E-state index in [2.05, 4.69) is 27.2 Å². The van der Waals surface area contributed by atoms with E-state index < -0.39 is 0 Å². The predicted octanol–water partition coefficient (Wildman–Crippen LogP) is 2.58. The smallest absolute Gasteiger partial charge is 0.226 e. The van der Waals surface area contributed by atoms with Crippen LogP contribution in [0.25, 0.3) is 0 Å². The summed E-state index contributed by atoms with van der Waals surface area (Å²) < 4.78 is 16.3. The molecular formula is C25H33N3O4. The summed E-state index contributed by atoms with van der Waals surface area (Å²) in [4.78, 5) is 17.5. The van der Waals surface area contributed by atoms with E-state index in [0.29, 0.717) is 19.6 Å². The molecule has 0 bridgehead atoms. The number of carbonyl (C=O) groups excluding carboxylic acids is 1. The second-order valence-electron chi connectivity index (χ2n) is 8.36. The number of hydrogen-bond donors (Lipinski definition) is 1. The Morgan fingerprint density at radius 1 is 1.03 bits per heavy atom. The second kappa shape index (κ2) is 10.6. The highest BCUT2D eigenvalue weighted by Crippen LogP contribution is 2.30. The summed E-state index contributed by atoms with van der Waals surface area (Å²) in [5.74, 6) is 2.45. The molecule has 1 amide bonds. The Morgan fingerprint density at radius 3 is 2.47 bits per heavy atom. The average Bonchev–Trinajstić information content (AvgIpc) is 2.86. The van der Waals surface area contributed by atoms with Gasteiger partial charge in [-0.15, -0.1) is 0 Å². The first-order chi connectivity index (χ1) is 15.7. The second-order valence-corrected chi connectivity index (χ2v) is 8.36. The number of fused-ring (bicyclic) bond motifs is 1. The minimum absolute atomic E-state index is 0.0720. The normalized spacial score (nSPS) is 18.4. The Bertz CT molecular complexity index is 895. The van der Waals surface area contributed by atoms with Crippen LogP contribution in [0.15, 0.2) is 42.5 Å². The molecule has 2 aromatic carbocycles. The fourth-order valence-electron chi connectivity index (χ4n) is 4.35. The molecule has 0 unspecified atom stereocenters. The van der Waals surface area contributed by atoms with Crippen molar-refractivity contribution >= 4 is 11.6 Å². The summed E-state index contributed by atoms with van der Waals surface area (Å²) in [7, 11) is 3.34. The lowest BCUT2D eigenvalue weighted by atomic mass is 9.96. The number of rotatable bonds is 8. The maximum Gasteiger partial charge on any atom is 0.226 e. The lowest BCUT2D eigenvalue weighted by Gasteiger charge is -2.36. The standard InChI is InChI=1S/C25H33N3O4/c1-30-22-6-4-21(5-7-22)28-14-12-27(13-15-28)11-3-10-26-25(29)20-16-19-17-23(31-2)8-9-24(19)32-18-20/h4-9,17,20H,3,10-16,18H2,1-2H3,(H,26,29)/t20-/m1/s1. The molecule has 2 aromatic rings. The number of ether oxygens (including phenoxy) is 3. The summed E-state index contributed by atoms with van der Waals surface area (Å²) >= 11 is 0. The van der Waals surface area contributed by atoms with Crippen LogP contribution in [-0.2, 0) is 11.2 Å². The Balaban J connectivity index is 1.15. The van der Waals surface area contributed by atoms with E-state index in [0.717, 1.165) is 62.0 Å². The van der Waals surface area contributed by atoms with Gasteiger partial charge in [-0.25, -0.2) is 0 Å². The molecule has 32 heavy (non-hydrogen) atoms. The van der Waals surface area contributed by atoms with Crippen LogP contribution < -0.4 is 24.4 Å². The Kier molecular flexibility index (Phi) is 7.37. The topological polar surface area (TPSA) is 63.3 Å². The molecule has 0 spiro atoms. The molecule has 0 aliphatic carbocycles. The number of methoxy groups -OCH3 is 2. The van der Waals surface area contributed by atoms with Gasteiger partial charge in [-0.2, -0.15) is 0 Å². The van der Waals surface area contributed by atoms with E-state index >= 15 is 0 Å². The van der Waals surface area contributed by atoms with Crippen molar-refractivity contribution in [3.05, 3.63) is 48.0 Å². The molecule has 1 fully saturated rings. The van der Waals surface area contributed by atoms with Crippen LogP contribution in [0.1, 0.15) is 12.0 Å². The number of hydrogen-bond acceptors (Lipinski definition) is 6. The summed E-state index contributed by atoms with van der Waals surface area (Å²) in [6, 6.07) is 14.0. The van der Waals surface area contributed by atoms with E-state index in [4.69, 9.17) is 14.2 Å². The van der Waals surface area contributed by atoms with Crippen molar-refractivity contribution in [3.8, 4) is 17.2 Å². The molecule has 1 atom stereocenters. The first-order valence-corrected chi connectivity index (χ1v) is 11.3. The van der Waals surface area contributed by atoms with Gasteiger partial charge in [0.2, 0.25) is 5.91 Å². The lowest BCUT2D eigenvalue weighted by Crippen LogP contribution is -2.47. The quantitative estimate of drug-likeness (QED) is 0.638. The van der Waals surface area contributed by atoms with Gasteiger partial charge >= 0.3 is 0 Å². The van der Waals surface area contributed by atoms with Crippen molar-refractivity contribution in [1.82, 2.24) is 10.2 Å². The van der Waals surface area contributed by atoms with Crippen molar-refractivity contribution in [2.75, 3.05) is 65.0 Å². The maximum absolute atomic E-state index is 12.6. The zero-order valence-electron chi connectivity index (χ0n) is 19.0. The molecule has 172 valence electrons. The number of carbonyl (C=O) groups is 1. The van der Waals surface area contributed by atoms with Gasteiger partial charge in [-0.05, 0) is 67.4 Å². The van der Waals surface area contributed by atoms with Crippen molar-refractivity contribution in [2.24, 2.45) is 5.92 Å². The van der Waals surface area contributed by atoms with Gasteiger partial charge in [-0.1, -0.05) is 0 Å². The van der Waals surface area contributed by atoms with E-state index in [-0.39, 0.29) is 11.8 Å². The third kappa shape index (κ3) is 5.46. The fraction of sp³-hybridized carbons (Fsp3) is 0.480. The molecule has 2 heterocycles. The summed E-state index contributed by atoms with van der Waals surface area (Å²) in [6.45, 7) is 6.22. The zero-order chi connectivity index (χ0) is 22.3. The number of nitrogens with zero attached hydrogens (tertiary/aromatic N) is 2. The minimum Gasteiger partial charge on any atom is -0.497 e. The number of anilines is 1. The molecule has 1 saturated heterocycles. The van der Waals surface area contributed by atoms with E-state index in [9.17, 15) is 4.79 Å². The van der Waals surface area contributed by atoms with Crippen molar-refractivity contribution in [3.63, 3.8) is 0 Å². The Labute approximate surface area is 190 Å². The molecule has 0 saturated carbocycles. The van der Waals surface area contributed by atoms with Gasteiger partial charge < -0.3 is 24.4 Å². The minimum atomic E-state index is -0.150. The first kappa shape index (κ1) is 22.3.